The molecule has 2 heterocycles. The maximum atomic E-state index is 6.59. The van der Waals surface area contributed by atoms with Gasteiger partial charge in [0.15, 0.2) is 0 Å². The lowest BCUT2D eigenvalue weighted by molar-refractivity contribution is 0.0164. The van der Waals surface area contributed by atoms with Gasteiger partial charge in [-0.2, -0.15) is 0 Å². The van der Waals surface area contributed by atoms with Crippen molar-refractivity contribution in [2.45, 2.75) is 37.2 Å². The second-order valence-electron chi connectivity index (χ2n) is 5.09. The van der Waals surface area contributed by atoms with Crippen molar-refractivity contribution in [2.75, 3.05) is 13.2 Å². The molecular formula is C14H17ClO2. The minimum Gasteiger partial charge on any atom is -0.493 e. The van der Waals surface area contributed by atoms with Gasteiger partial charge in [0.05, 0.1) is 17.6 Å². The molecule has 1 aromatic carbocycles. The third-order valence-corrected chi connectivity index (χ3v) is 4.51. The van der Waals surface area contributed by atoms with Crippen LogP contribution in [-0.4, -0.2) is 18.8 Å². The molecule has 1 saturated heterocycles. The Balaban J connectivity index is 1.88. The average Bonchev–Trinajstić information content (AvgIpc) is 2.96. The summed E-state index contributed by atoms with van der Waals surface area (Å²) in [4.78, 5) is 0. The molecule has 0 spiro atoms. The number of alkyl halides is 1. The molecule has 0 aliphatic carbocycles. The van der Waals surface area contributed by atoms with Gasteiger partial charge >= 0.3 is 0 Å². The monoisotopic (exact) mass is 252 g/mol. The van der Waals surface area contributed by atoms with E-state index >= 15 is 0 Å². The molecule has 0 bridgehead atoms. The van der Waals surface area contributed by atoms with Gasteiger partial charge in [-0.25, -0.2) is 0 Å². The van der Waals surface area contributed by atoms with Crippen LogP contribution in [0.2, 0.25) is 0 Å². The number of halogens is 1. The average molecular weight is 253 g/mol. The van der Waals surface area contributed by atoms with Crippen LogP contribution in [0.15, 0.2) is 18.2 Å². The van der Waals surface area contributed by atoms with E-state index in [4.69, 9.17) is 21.1 Å². The van der Waals surface area contributed by atoms with E-state index in [9.17, 15) is 0 Å². The van der Waals surface area contributed by atoms with Crippen LogP contribution in [-0.2, 0) is 11.2 Å². The largest absolute Gasteiger partial charge is 0.493 e. The van der Waals surface area contributed by atoms with E-state index in [2.05, 4.69) is 19.1 Å². The smallest absolute Gasteiger partial charge is 0.122 e. The number of rotatable bonds is 2. The fraction of sp³-hybridized carbons (Fsp3) is 0.571. The number of fused-ring (bicyclic) bond motifs is 1. The van der Waals surface area contributed by atoms with E-state index in [1.165, 1.54) is 5.56 Å². The van der Waals surface area contributed by atoms with Gasteiger partial charge in [-0.3, -0.25) is 0 Å². The first-order valence-corrected chi connectivity index (χ1v) is 6.66. The molecule has 0 amide bonds. The third-order valence-electron chi connectivity index (χ3n) is 3.79. The Bertz CT molecular complexity index is 424. The van der Waals surface area contributed by atoms with Crippen molar-refractivity contribution in [3.05, 3.63) is 29.3 Å². The molecule has 0 N–H and O–H groups in total. The van der Waals surface area contributed by atoms with E-state index in [1.54, 1.807) is 0 Å². The molecule has 1 fully saturated rings. The molecule has 2 nitrogen and oxygen atoms in total. The fourth-order valence-electron chi connectivity index (χ4n) is 2.72. The zero-order valence-corrected chi connectivity index (χ0v) is 10.8. The maximum Gasteiger partial charge on any atom is 0.122 e. The molecule has 2 atom stereocenters. The van der Waals surface area contributed by atoms with E-state index in [1.807, 2.05) is 6.07 Å². The standard InChI is InChI=1S/C14H17ClO2/c1-14(6-2-7-17-14)13(15)11-3-4-12-10(9-11)5-8-16-12/h3-4,9,13H,2,5-8H2,1H3. The van der Waals surface area contributed by atoms with Crippen molar-refractivity contribution in [1.82, 2.24) is 0 Å². The van der Waals surface area contributed by atoms with E-state index < -0.39 is 0 Å². The highest BCUT2D eigenvalue weighted by atomic mass is 35.5. The molecule has 0 radical (unpaired) electrons. The molecule has 3 heteroatoms. The van der Waals surface area contributed by atoms with Crippen molar-refractivity contribution < 1.29 is 9.47 Å². The second kappa shape index (κ2) is 4.18. The number of hydrogen-bond donors (Lipinski definition) is 0. The number of ether oxygens (including phenoxy) is 2. The lowest BCUT2D eigenvalue weighted by Gasteiger charge is -2.29. The third kappa shape index (κ3) is 1.94. The molecule has 2 aliphatic heterocycles. The lowest BCUT2D eigenvalue weighted by Crippen LogP contribution is -2.28. The summed E-state index contributed by atoms with van der Waals surface area (Å²) in [5, 5.41) is -0.0732. The summed E-state index contributed by atoms with van der Waals surface area (Å²) in [6.45, 7) is 3.73. The van der Waals surface area contributed by atoms with E-state index in [-0.39, 0.29) is 11.0 Å². The molecule has 2 aliphatic rings. The molecule has 3 rings (SSSR count). The summed E-state index contributed by atoms with van der Waals surface area (Å²) < 4.78 is 11.3. The molecular weight excluding hydrogens is 236 g/mol. The van der Waals surface area contributed by atoms with Gasteiger partial charge in [-0.15, -0.1) is 11.6 Å². The normalized spacial score (nSPS) is 28.8. The van der Waals surface area contributed by atoms with Gasteiger partial charge in [0.1, 0.15) is 5.75 Å². The van der Waals surface area contributed by atoms with Crippen molar-refractivity contribution in [3.8, 4) is 5.75 Å². The Hall–Kier alpha value is -0.730. The highest BCUT2D eigenvalue weighted by molar-refractivity contribution is 6.21. The van der Waals surface area contributed by atoms with Gasteiger partial charge in [-0.1, -0.05) is 12.1 Å². The Labute approximate surface area is 107 Å². The molecule has 2 unspecified atom stereocenters. The highest BCUT2D eigenvalue weighted by Gasteiger charge is 2.38. The molecule has 1 aromatic rings. The Morgan fingerprint density at radius 3 is 3.00 bits per heavy atom. The first-order chi connectivity index (χ1) is 8.19. The maximum absolute atomic E-state index is 6.59. The van der Waals surface area contributed by atoms with Gasteiger partial charge in [-0.05, 0) is 37.0 Å². The Kier molecular flexibility index (Phi) is 2.80. The number of hydrogen-bond acceptors (Lipinski definition) is 2. The molecule has 92 valence electrons. The first-order valence-electron chi connectivity index (χ1n) is 6.23. The van der Waals surface area contributed by atoms with Crippen LogP contribution in [0.1, 0.15) is 36.3 Å². The minimum atomic E-state index is -0.213. The summed E-state index contributed by atoms with van der Waals surface area (Å²) in [6.07, 6.45) is 3.13. The van der Waals surface area contributed by atoms with Crippen molar-refractivity contribution in [2.24, 2.45) is 0 Å². The van der Waals surface area contributed by atoms with E-state index in [0.29, 0.717) is 0 Å². The van der Waals surface area contributed by atoms with Crippen molar-refractivity contribution >= 4 is 11.6 Å². The highest BCUT2D eigenvalue weighted by Crippen LogP contribution is 2.43. The SMILES string of the molecule is CC1(C(Cl)c2ccc3c(c2)CCO3)CCCO1. The van der Waals surface area contributed by atoms with E-state index in [0.717, 1.165) is 43.8 Å². The predicted molar refractivity (Wildman–Crippen MR) is 67.8 cm³/mol. The Morgan fingerprint density at radius 1 is 1.35 bits per heavy atom. The van der Waals surface area contributed by atoms with Crippen LogP contribution in [0.4, 0.5) is 0 Å². The fourth-order valence-corrected chi connectivity index (χ4v) is 3.03. The second-order valence-corrected chi connectivity index (χ2v) is 5.53. The first kappa shape index (κ1) is 11.4. The van der Waals surface area contributed by atoms with Crippen LogP contribution in [0.5, 0.6) is 5.75 Å². The van der Waals surface area contributed by atoms with Crippen LogP contribution in [0, 0.1) is 0 Å². The zero-order chi connectivity index (χ0) is 11.9. The Morgan fingerprint density at radius 2 is 2.24 bits per heavy atom. The predicted octanol–water partition coefficient (Wildman–Crippen LogP) is 3.47. The quantitative estimate of drug-likeness (QED) is 0.751. The van der Waals surface area contributed by atoms with Crippen LogP contribution in [0.3, 0.4) is 0 Å². The van der Waals surface area contributed by atoms with Gasteiger partial charge in [0.2, 0.25) is 0 Å². The zero-order valence-electron chi connectivity index (χ0n) is 10.0. The number of benzene rings is 1. The molecule has 0 aromatic heterocycles. The topological polar surface area (TPSA) is 18.5 Å². The molecule has 17 heavy (non-hydrogen) atoms. The van der Waals surface area contributed by atoms with Gasteiger partial charge in [0.25, 0.3) is 0 Å². The van der Waals surface area contributed by atoms with Crippen molar-refractivity contribution in [1.29, 1.82) is 0 Å². The van der Waals surface area contributed by atoms with Crippen LogP contribution in [0.25, 0.3) is 0 Å². The minimum absolute atomic E-state index is 0.0732. The van der Waals surface area contributed by atoms with Crippen molar-refractivity contribution in [3.63, 3.8) is 0 Å². The van der Waals surface area contributed by atoms with Gasteiger partial charge < -0.3 is 9.47 Å². The van der Waals surface area contributed by atoms with Crippen LogP contribution < -0.4 is 4.74 Å². The summed E-state index contributed by atoms with van der Waals surface area (Å²) >= 11 is 6.59. The van der Waals surface area contributed by atoms with Gasteiger partial charge in [0, 0.05) is 13.0 Å². The summed E-state index contributed by atoms with van der Waals surface area (Å²) in [5.41, 5.74) is 2.21. The lowest BCUT2D eigenvalue weighted by atomic mass is 9.92. The summed E-state index contributed by atoms with van der Waals surface area (Å²) in [6, 6.07) is 6.27. The van der Waals surface area contributed by atoms with Crippen LogP contribution >= 0.6 is 11.6 Å². The molecule has 0 saturated carbocycles. The summed E-state index contributed by atoms with van der Waals surface area (Å²) in [5.74, 6) is 1.01. The summed E-state index contributed by atoms with van der Waals surface area (Å²) in [7, 11) is 0.